The lowest BCUT2D eigenvalue weighted by Crippen LogP contribution is -2.57. The number of imide groups is 2. The second-order valence-corrected chi connectivity index (χ2v) is 5.20. The van der Waals surface area contributed by atoms with Gasteiger partial charge in [-0.2, -0.15) is 0 Å². The van der Waals surface area contributed by atoms with Gasteiger partial charge in [-0.15, -0.1) is 0 Å². The number of benzene rings is 1. The van der Waals surface area contributed by atoms with Gasteiger partial charge in [0.2, 0.25) is 11.8 Å². The second kappa shape index (κ2) is 5.64. The smallest absolute Gasteiger partial charge is 0.277 e. The molecule has 0 saturated carbocycles. The molecule has 1 aliphatic heterocycles. The number of carbonyl (C=O) groups excluding carboxylic acids is 3. The van der Waals surface area contributed by atoms with Gasteiger partial charge in [-0.05, 0) is 17.7 Å². The molecular formula is C13H10Cl2N2O3. The van der Waals surface area contributed by atoms with Crippen molar-refractivity contribution in [2.75, 3.05) is 6.54 Å². The third-order valence-corrected chi connectivity index (χ3v) is 3.12. The molecule has 1 aliphatic rings. The van der Waals surface area contributed by atoms with Crippen molar-refractivity contribution in [1.29, 1.82) is 0 Å². The molecule has 1 saturated heterocycles. The zero-order valence-electron chi connectivity index (χ0n) is 10.2. The molecule has 0 aromatic heterocycles. The van der Waals surface area contributed by atoms with E-state index in [0.29, 0.717) is 10.6 Å². The van der Waals surface area contributed by atoms with Crippen LogP contribution in [0.2, 0.25) is 5.02 Å². The number of nitrogens with zero attached hydrogens (tertiary/aromatic N) is 1. The topological polar surface area (TPSA) is 66.5 Å². The quantitative estimate of drug-likeness (QED) is 0.871. The van der Waals surface area contributed by atoms with Crippen LogP contribution in [-0.4, -0.2) is 29.3 Å². The van der Waals surface area contributed by atoms with Crippen molar-refractivity contribution >= 4 is 41.0 Å². The highest BCUT2D eigenvalue weighted by Crippen LogP contribution is 2.25. The maximum atomic E-state index is 12.3. The van der Waals surface area contributed by atoms with Crippen LogP contribution in [0.1, 0.15) is 11.5 Å². The van der Waals surface area contributed by atoms with Gasteiger partial charge >= 0.3 is 6.03 Å². The van der Waals surface area contributed by atoms with E-state index in [1.807, 2.05) is 0 Å². The first-order chi connectivity index (χ1) is 9.40. The molecule has 2 rings (SSSR count). The van der Waals surface area contributed by atoms with Gasteiger partial charge in [0.15, 0.2) is 0 Å². The fraction of sp³-hybridized carbons (Fsp3) is 0.154. The summed E-state index contributed by atoms with van der Waals surface area (Å²) in [4.78, 5) is 36.7. The van der Waals surface area contributed by atoms with Gasteiger partial charge in [-0.25, -0.2) is 4.79 Å². The fourth-order valence-corrected chi connectivity index (χ4v) is 2.23. The highest BCUT2D eigenvalue weighted by molar-refractivity contribution is 6.31. The number of barbiturate groups is 1. The van der Waals surface area contributed by atoms with Crippen molar-refractivity contribution in [3.05, 3.63) is 46.5 Å². The van der Waals surface area contributed by atoms with Crippen molar-refractivity contribution in [3.8, 4) is 0 Å². The lowest BCUT2D eigenvalue weighted by Gasteiger charge is -2.30. The number of hydrogen-bond donors (Lipinski definition) is 1. The zero-order chi connectivity index (χ0) is 14.9. The van der Waals surface area contributed by atoms with Crippen LogP contribution in [0.3, 0.4) is 0 Å². The molecule has 104 valence electrons. The number of amides is 4. The van der Waals surface area contributed by atoms with Crippen LogP contribution < -0.4 is 5.32 Å². The van der Waals surface area contributed by atoms with Crippen LogP contribution in [-0.2, 0) is 9.59 Å². The maximum absolute atomic E-state index is 12.3. The van der Waals surface area contributed by atoms with Crippen LogP contribution in [0.15, 0.2) is 35.9 Å². The highest BCUT2D eigenvalue weighted by Gasteiger charge is 2.41. The minimum Gasteiger partial charge on any atom is -0.277 e. The van der Waals surface area contributed by atoms with Crippen molar-refractivity contribution in [2.24, 2.45) is 0 Å². The Labute approximate surface area is 125 Å². The molecule has 5 nitrogen and oxygen atoms in total. The fourth-order valence-electron chi connectivity index (χ4n) is 1.91. The summed E-state index contributed by atoms with van der Waals surface area (Å²) in [7, 11) is 0. The van der Waals surface area contributed by atoms with Crippen LogP contribution in [0.5, 0.6) is 0 Å². The average Bonchev–Trinajstić information content (AvgIpc) is 2.34. The molecule has 0 aliphatic carbocycles. The van der Waals surface area contributed by atoms with Crippen LogP contribution >= 0.6 is 23.2 Å². The molecular weight excluding hydrogens is 303 g/mol. The summed E-state index contributed by atoms with van der Waals surface area (Å²) in [6.07, 6.45) is 0. The van der Waals surface area contributed by atoms with Crippen molar-refractivity contribution < 1.29 is 14.4 Å². The number of halogens is 2. The third-order valence-electron chi connectivity index (χ3n) is 2.76. The van der Waals surface area contributed by atoms with E-state index >= 15 is 0 Å². The van der Waals surface area contributed by atoms with Gasteiger partial charge in [0.05, 0.1) is 6.54 Å². The molecule has 1 aromatic rings. The van der Waals surface area contributed by atoms with E-state index in [-0.39, 0.29) is 11.6 Å². The van der Waals surface area contributed by atoms with Gasteiger partial charge in [-0.3, -0.25) is 19.8 Å². The lowest BCUT2D eigenvalue weighted by atomic mass is 9.95. The summed E-state index contributed by atoms with van der Waals surface area (Å²) >= 11 is 11.5. The van der Waals surface area contributed by atoms with E-state index in [9.17, 15) is 14.4 Å². The summed E-state index contributed by atoms with van der Waals surface area (Å²) in [6.45, 7) is 3.28. The predicted octanol–water partition coefficient (Wildman–Crippen LogP) is 2.25. The first-order valence-electron chi connectivity index (χ1n) is 5.65. The average molecular weight is 313 g/mol. The summed E-state index contributed by atoms with van der Waals surface area (Å²) in [5, 5.41) is 2.63. The summed E-state index contributed by atoms with van der Waals surface area (Å²) in [5.74, 6) is -2.45. The Morgan fingerprint density at radius 3 is 2.65 bits per heavy atom. The van der Waals surface area contributed by atoms with Crippen molar-refractivity contribution in [1.82, 2.24) is 10.2 Å². The van der Waals surface area contributed by atoms with Gasteiger partial charge in [0.1, 0.15) is 5.92 Å². The van der Waals surface area contributed by atoms with E-state index < -0.39 is 23.8 Å². The van der Waals surface area contributed by atoms with E-state index in [4.69, 9.17) is 23.2 Å². The maximum Gasteiger partial charge on any atom is 0.331 e. The molecule has 1 atom stereocenters. The largest absolute Gasteiger partial charge is 0.331 e. The van der Waals surface area contributed by atoms with Crippen LogP contribution in [0, 0.1) is 0 Å². The Kier molecular flexibility index (Phi) is 4.11. The molecule has 0 bridgehead atoms. The van der Waals surface area contributed by atoms with Crippen molar-refractivity contribution in [3.63, 3.8) is 0 Å². The second-order valence-electron chi connectivity index (χ2n) is 4.22. The molecule has 7 heteroatoms. The lowest BCUT2D eigenvalue weighted by molar-refractivity contribution is -0.138. The third kappa shape index (κ3) is 2.84. The normalized spacial score (nSPS) is 19.0. The minimum absolute atomic E-state index is 0.118. The summed E-state index contributed by atoms with van der Waals surface area (Å²) in [5.41, 5.74) is 0.415. The Morgan fingerprint density at radius 2 is 2.05 bits per heavy atom. The monoisotopic (exact) mass is 312 g/mol. The number of carbonyl (C=O) groups is 3. The predicted molar refractivity (Wildman–Crippen MR) is 74.4 cm³/mol. The zero-order valence-corrected chi connectivity index (χ0v) is 11.7. The molecule has 20 heavy (non-hydrogen) atoms. The molecule has 1 heterocycles. The number of rotatable bonds is 3. The Balaban J connectivity index is 2.37. The van der Waals surface area contributed by atoms with Gasteiger partial charge < -0.3 is 0 Å². The van der Waals surface area contributed by atoms with E-state index in [2.05, 4.69) is 11.9 Å². The molecule has 0 spiro atoms. The van der Waals surface area contributed by atoms with E-state index in [1.165, 1.54) is 6.07 Å². The Hall–Kier alpha value is -1.85. The van der Waals surface area contributed by atoms with Gasteiger partial charge in [-0.1, -0.05) is 41.9 Å². The van der Waals surface area contributed by atoms with Crippen LogP contribution in [0.25, 0.3) is 0 Å². The summed E-state index contributed by atoms with van der Waals surface area (Å²) < 4.78 is 0. The molecule has 1 aromatic carbocycles. The number of nitrogens with one attached hydrogen (secondary N) is 1. The Bertz CT molecular complexity index is 615. The molecule has 1 unspecified atom stereocenters. The van der Waals surface area contributed by atoms with E-state index in [1.54, 1.807) is 18.2 Å². The van der Waals surface area contributed by atoms with Crippen LogP contribution in [0.4, 0.5) is 4.79 Å². The number of urea groups is 1. The Morgan fingerprint density at radius 1 is 1.35 bits per heavy atom. The summed E-state index contributed by atoms with van der Waals surface area (Å²) in [6, 6.07) is 5.55. The molecule has 4 amide bonds. The van der Waals surface area contributed by atoms with Crippen molar-refractivity contribution in [2.45, 2.75) is 5.92 Å². The highest BCUT2D eigenvalue weighted by atomic mass is 35.5. The molecule has 0 radical (unpaired) electrons. The van der Waals surface area contributed by atoms with Gasteiger partial charge in [0.25, 0.3) is 0 Å². The minimum atomic E-state index is -1.12. The SMILES string of the molecule is C=C(Cl)CN1C(=O)NC(=O)C(c2cccc(Cl)c2)C1=O. The van der Waals surface area contributed by atoms with E-state index in [0.717, 1.165) is 4.90 Å². The van der Waals surface area contributed by atoms with Gasteiger partial charge in [0, 0.05) is 10.1 Å². The first-order valence-corrected chi connectivity index (χ1v) is 6.40. The molecule has 1 N–H and O–H groups in total. The molecule has 1 fully saturated rings. The number of hydrogen-bond acceptors (Lipinski definition) is 3. The standard InChI is InChI=1S/C13H10Cl2N2O3/c1-7(14)6-17-12(19)10(11(18)16-13(17)20)8-3-2-4-9(15)5-8/h2-5,10H,1,6H2,(H,16,18,20). The first kappa shape index (κ1) is 14.6.